The molecule has 0 spiro atoms. The summed E-state index contributed by atoms with van der Waals surface area (Å²) in [5.41, 5.74) is 8.04. The predicted molar refractivity (Wildman–Crippen MR) is 78.1 cm³/mol. The van der Waals surface area contributed by atoms with Gasteiger partial charge in [-0.25, -0.2) is 22.6 Å². The third-order valence-corrected chi connectivity index (χ3v) is 4.15. The highest BCUT2D eigenvalue weighted by atomic mass is 32.2. The van der Waals surface area contributed by atoms with E-state index in [4.69, 9.17) is 10.9 Å². The van der Waals surface area contributed by atoms with Gasteiger partial charge in [-0.15, -0.1) is 0 Å². The minimum Gasteiger partial charge on any atom is -0.396 e. The van der Waals surface area contributed by atoms with Crippen molar-refractivity contribution in [3.8, 4) is 5.69 Å². The minimum atomic E-state index is -3.94. The van der Waals surface area contributed by atoms with Crippen molar-refractivity contribution in [3.63, 3.8) is 0 Å². The molecule has 0 saturated carbocycles. The van der Waals surface area contributed by atoms with Gasteiger partial charge >= 0.3 is 0 Å². The summed E-state index contributed by atoms with van der Waals surface area (Å²) in [5.74, 6) is -0.721. The second-order valence-corrected chi connectivity index (χ2v) is 6.15. The fraction of sp³-hybridized carbons (Fsp3) is 0.308. The van der Waals surface area contributed by atoms with Crippen molar-refractivity contribution in [3.05, 3.63) is 35.4 Å². The first-order valence-electron chi connectivity index (χ1n) is 6.48. The van der Waals surface area contributed by atoms with Gasteiger partial charge in [0.2, 0.25) is 10.0 Å². The number of nitrogens with two attached hydrogens (primary N) is 2. The van der Waals surface area contributed by atoms with E-state index in [1.807, 2.05) is 13.8 Å². The van der Waals surface area contributed by atoms with Crippen LogP contribution in [0.1, 0.15) is 25.2 Å². The van der Waals surface area contributed by atoms with Crippen LogP contribution in [-0.4, -0.2) is 18.2 Å². The van der Waals surface area contributed by atoms with E-state index in [0.717, 1.165) is 6.07 Å². The smallest absolute Gasteiger partial charge is 0.238 e. The maximum atomic E-state index is 14.2. The lowest BCUT2D eigenvalue weighted by Gasteiger charge is -2.08. The molecule has 0 radical (unpaired) electrons. The Bertz CT molecular complexity index is 784. The SMILES string of the molecule is CCc1nn(-c2ccc(S(N)(=O)=O)cc2F)c(CC)c1N. The molecule has 0 fully saturated rings. The van der Waals surface area contributed by atoms with E-state index in [1.165, 1.54) is 16.8 Å². The molecule has 2 rings (SSSR count). The first kappa shape index (κ1) is 15.5. The van der Waals surface area contributed by atoms with Gasteiger partial charge < -0.3 is 5.73 Å². The van der Waals surface area contributed by atoms with E-state index >= 15 is 0 Å². The van der Waals surface area contributed by atoms with Gasteiger partial charge in [-0.3, -0.25) is 0 Å². The van der Waals surface area contributed by atoms with Crippen LogP contribution in [0.25, 0.3) is 5.69 Å². The van der Waals surface area contributed by atoms with Crippen LogP contribution in [0, 0.1) is 5.82 Å². The van der Waals surface area contributed by atoms with Crippen molar-refractivity contribution >= 4 is 15.7 Å². The van der Waals surface area contributed by atoms with Crippen LogP contribution >= 0.6 is 0 Å². The van der Waals surface area contributed by atoms with Crippen LogP contribution in [0.15, 0.2) is 23.1 Å². The van der Waals surface area contributed by atoms with Crippen molar-refractivity contribution in [2.24, 2.45) is 5.14 Å². The fourth-order valence-electron chi connectivity index (χ4n) is 2.15. The molecule has 4 N–H and O–H groups in total. The minimum absolute atomic E-state index is 0.144. The van der Waals surface area contributed by atoms with Crippen molar-refractivity contribution in [2.75, 3.05) is 5.73 Å². The summed E-state index contributed by atoms with van der Waals surface area (Å²) in [6.45, 7) is 3.79. The molecule has 114 valence electrons. The van der Waals surface area contributed by atoms with Crippen molar-refractivity contribution in [1.82, 2.24) is 9.78 Å². The average Bonchev–Trinajstić information content (AvgIpc) is 2.73. The van der Waals surface area contributed by atoms with E-state index in [0.29, 0.717) is 29.9 Å². The standard InChI is InChI=1S/C13H17FN4O2S/c1-3-10-13(15)11(4-2)18(17-10)12-6-5-8(7-9(12)14)21(16,19)20/h5-7H,3-4,15H2,1-2H3,(H2,16,19,20). The number of nitrogen functional groups attached to an aromatic ring is 1. The Kier molecular flexibility index (Phi) is 4.02. The van der Waals surface area contributed by atoms with E-state index in [-0.39, 0.29) is 10.6 Å². The molecule has 0 amide bonds. The molecule has 1 aromatic carbocycles. The number of anilines is 1. The summed E-state index contributed by atoms with van der Waals surface area (Å²) in [6, 6.07) is 3.46. The monoisotopic (exact) mass is 312 g/mol. The number of halogens is 1. The molecule has 1 aromatic heterocycles. The molecule has 0 aliphatic rings. The summed E-state index contributed by atoms with van der Waals surface area (Å²) in [6.07, 6.45) is 1.21. The van der Waals surface area contributed by atoms with Gasteiger partial charge in [0.15, 0.2) is 0 Å². The molecule has 1 heterocycles. The molecule has 8 heteroatoms. The molecule has 0 bridgehead atoms. The zero-order valence-electron chi connectivity index (χ0n) is 11.8. The Morgan fingerprint density at radius 2 is 1.95 bits per heavy atom. The van der Waals surface area contributed by atoms with Gasteiger partial charge in [-0.1, -0.05) is 13.8 Å². The fourth-order valence-corrected chi connectivity index (χ4v) is 2.68. The molecule has 0 aliphatic heterocycles. The lowest BCUT2D eigenvalue weighted by molar-refractivity contribution is 0.586. The highest BCUT2D eigenvalue weighted by molar-refractivity contribution is 7.89. The number of nitrogens with zero attached hydrogens (tertiary/aromatic N) is 2. The quantitative estimate of drug-likeness (QED) is 0.889. The lowest BCUT2D eigenvalue weighted by Crippen LogP contribution is -2.13. The average molecular weight is 312 g/mol. The van der Waals surface area contributed by atoms with Crippen molar-refractivity contribution < 1.29 is 12.8 Å². The van der Waals surface area contributed by atoms with Gasteiger partial charge in [-0.05, 0) is 31.0 Å². The third kappa shape index (κ3) is 2.77. The second-order valence-electron chi connectivity index (χ2n) is 4.58. The maximum Gasteiger partial charge on any atom is 0.238 e. The number of aryl methyl sites for hydroxylation is 1. The van der Waals surface area contributed by atoms with E-state index in [1.54, 1.807) is 0 Å². The highest BCUT2D eigenvalue weighted by Gasteiger charge is 2.18. The number of rotatable bonds is 4. The van der Waals surface area contributed by atoms with E-state index in [9.17, 15) is 12.8 Å². The number of benzene rings is 1. The van der Waals surface area contributed by atoms with Crippen molar-refractivity contribution in [1.29, 1.82) is 0 Å². The van der Waals surface area contributed by atoms with Crippen LogP contribution in [0.5, 0.6) is 0 Å². The Hall–Kier alpha value is -1.93. The molecule has 0 aliphatic carbocycles. The van der Waals surface area contributed by atoms with Gasteiger partial charge in [-0.2, -0.15) is 5.10 Å². The molecule has 0 unspecified atom stereocenters. The van der Waals surface area contributed by atoms with Crippen LogP contribution in [0.2, 0.25) is 0 Å². The molecule has 6 nitrogen and oxygen atoms in total. The Morgan fingerprint density at radius 1 is 1.29 bits per heavy atom. The van der Waals surface area contributed by atoms with Crippen LogP contribution in [-0.2, 0) is 22.9 Å². The predicted octanol–water partition coefficient (Wildman–Crippen LogP) is 1.37. The van der Waals surface area contributed by atoms with Gasteiger partial charge in [0.05, 0.1) is 22.0 Å². The first-order valence-corrected chi connectivity index (χ1v) is 8.03. The second kappa shape index (κ2) is 5.45. The topological polar surface area (TPSA) is 104 Å². The Morgan fingerprint density at radius 3 is 2.43 bits per heavy atom. The number of aromatic nitrogens is 2. The zero-order valence-corrected chi connectivity index (χ0v) is 12.6. The van der Waals surface area contributed by atoms with E-state index < -0.39 is 15.8 Å². The lowest BCUT2D eigenvalue weighted by atomic mass is 10.2. The molecular formula is C13H17FN4O2S. The summed E-state index contributed by atoms with van der Waals surface area (Å²) < 4.78 is 38.1. The third-order valence-electron chi connectivity index (χ3n) is 3.24. The van der Waals surface area contributed by atoms with Gasteiger partial charge in [0.25, 0.3) is 0 Å². The maximum absolute atomic E-state index is 14.2. The summed E-state index contributed by atoms with van der Waals surface area (Å²) in [7, 11) is -3.94. The summed E-state index contributed by atoms with van der Waals surface area (Å²) >= 11 is 0. The normalized spacial score (nSPS) is 11.8. The molecule has 0 atom stereocenters. The highest BCUT2D eigenvalue weighted by Crippen LogP contribution is 2.25. The Labute approximate surface area is 122 Å². The first-order chi connectivity index (χ1) is 9.79. The number of sulfonamides is 1. The summed E-state index contributed by atoms with van der Waals surface area (Å²) in [5, 5.41) is 9.28. The molecule has 21 heavy (non-hydrogen) atoms. The molecule has 2 aromatic rings. The van der Waals surface area contributed by atoms with Crippen LogP contribution < -0.4 is 10.9 Å². The Balaban J connectivity index is 2.63. The van der Waals surface area contributed by atoms with Crippen LogP contribution in [0.3, 0.4) is 0 Å². The number of hydrogen-bond acceptors (Lipinski definition) is 4. The van der Waals surface area contributed by atoms with Crippen molar-refractivity contribution in [2.45, 2.75) is 31.6 Å². The number of hydrogen-bond donors (Lipinski definition) is 2. The summed E-state index contributed by atoms with van der Waals surface area (Å²) in [4.78, 5) is -0.280. The van der Waals surface area contributed by atoms with Crippen LogP contribution in [0.4, 0.5) is 10.1 Å². The molecular weight excluding hydrogens is 295 g/mol. The number of primary sulfonamides is 1. The van der Waals surface area contributed by atoms with Gasteiger partial charge in [0, 0.05) is 0 Å². The van der Waals surface area contributed by atoms with Gasteiger partial charge in [0.1, 0.15) is 11.5 Å². The molecule has 0 saturated heterocycles. The zero-order chi connectivity index (χ0) is 15.8. The largest absolute Gasteiger partial charge is 0.396 e. The van der Waals surface area contributed by atoms with E-state index in [2.05, 4.69) is 5.10 Å².